The molecule has 1 amide bonds. The van der Waals surface area contributed by atoms with E-state index < -0.39 is 11.9 Å². The quantitative estimate of drug-likeness (QED) is 0.614. The molecule has 0 fully saturated rings. The lowest BCUT2D eigenvalue weighted by Crippen LogP contribution is -1.99. The van der Waals surface area contributed by atoms with E-state index in [0.29, 0.717) is 5.84 Å². The predicted octanol–water partition coefficient (Wildman–Crippen LogP) is -0.139. The Hall–Kier alpha value is -1.52. The van der Waals surface area contributed by atoms with Crippen molar-refractivity contribution in [3.63, 3.8) is 0 Å². The third kappa shape index (κ3) is 2.29. The maximum Gasteiger partial charge on any atom is 0.303 e. The summed E-state index contributed by atoms with van der Waals surface area (Å²) in [6, 6.07) is 0. The third-order valence-corrected chi connectivity index (χ3v) is 1.13. The summed E-state index contributed by atoms with van der Waals surface area (Å²) in [4.78, 5) is 27.5. The molecule has 0 bridgehead atoms. The summed E-state index contributed by atoms with van der Waals surface area (Å²) in [5, 5.41) is 8.25. The van der Waals surface area contributed by atoms with Crippen molar-refractivity contribution in [2.24, 2.45) is 9.98 Å². The molecule has 0 saturated heterocycles. The number of carboxylic acids is 1. The third-order valence-electron chi connectivity index (χ3n) is 1.13. The molecule has 1 N–H and O–H groups in total. The maximum absolute atomic E-state index is 10.4. The van der Waals surface area contributed by atoms with Gasteiger partial charge in [-0.1, -0.05) is 0 Å². The Labute approximate surface area is 62.5 Å². The lowest BCUT2D eigenvalue weighted by molar-refractivity contribution is -0.136. The zero-order chi connectivity index (χ0) is 8.27. The molecule has 0 aromatic rings. The lowest BCUT2D eigenvalue weighted by Gasteiger charge is -1.90. The smallest absolute Gasteiger partial charge is 0.303 e. The summed E-state index contributed by atoms with van der Waals surface area (Å²) in [5.74, 6) is -1.02. The molecule has 5 heteroatoms. The van der Waals surface area contributed by atoms with Gasteiger partial charge in [0.05, 0.1) is 12.6 Å². The van der Waals surface area contributed by atoms with Crippen LogP contribution in [-0.4, -0.2) is 29.0 Å². The highest BCUT2D eigenvalue weighted by atomic mass is 16.4. The van der Waals surface area contributed by atoms with Gasteiger partial charge < -0.3 is 5.11 Å². The Balaban J connectivity index is 2.40. The molecule has 1 rings (SSSR count). The lowest BCUT2D eigenvalue weighted by atomic mass is 10.3. The summed E-state index contributed by atoms with van der Waals surface area (Å²) in [5.41, 5.74) is 0. The van der Waals surface area contributed by atoms with E-state index >= 15 is 0 Å². The number of carbonyl (C=O) groups excluding carboxylic acids is 1. The molecule has 0 radical (unpaired) electrons. The first-order valence-corrected chi connectivity index (χ1v) is 3.06. The van der Waals surface area contributed by atoms with Gasteiger partial charge in [0.2, 0.25) is 0 Å². The fourth-order valence-corrected chi connectivity index (χ4v) is 0.654. The highest BCUT2D eigenvalue weighted by molar-refractivity contribution is 6.34. The summed E-state index contributed by atoms with van der Waals surface area (Å²) >= 11 is 0. The summed E-state index contributed by atoms with van der Waals surface area (Å²) in [7, 11) is 0. The van der Waals surface area contributed by atoms with Gasteiger partial charge >= 0.3 is 5.97 Å². The van der Waals surface area contributed by atoms with Crippen LogP contribution in [0.2, 0.25) is 0 Å². The first-order valence-electron chi connectivity index (χ1n) is 3.06. The Morgan fingerprint density at radius 3 is 2.82 bits per heavy atom. The average Bonchev–Trinajstić information content (AvgIpc) is 2.31. The van der Waals surface area contributed by atoms with Crippen LogP contribution >= 0.6 is 0 Å². The maximum atomic E-state index is 10.4. The van der Waals surface area contributed by atoms with E-state index in [0.717, 1.165) is 6.21 Å². The molecule has 0 atom stereocenters. The number of carbonyl (C=O) groups is 2. The molecule has 0 unspecified atom stereocenters. The van der Waals surface area contributed by atoms with Gasteiger partial charge in [-0.05, 0) is 0 Å². The second-order valence-electron chi connectivity index (χ2n) is 2.02. The van der Waals surface area contributed by atoms with Gasteiger partial charge in [-0.3, -0.25) is 9.59 Å². The fraction of sp³-hybridized carbons (Fsp3) is 0.333. The van der Waals surface area contributed by atoms with Gasteiger partial charge in [0.25, 0.3) is 5.91 Å². The molecule has 0 aromatic carbocycles. The van der Waals surface area contributed by atoms with Crippen molar-refractivity contribution in [3.8, 4) is 0 Å². The molecule has 0 aromatic heterocycles. The first kappa shape index (κ1) is 7.59. The molecule has 5 nitrogen and oxygen atoms in total. The molecule has 0 saturated carbocycles. The number of hydrogen-bond donors (Lipinski definition) is 1. The van der Waals surface area contributed by atoms with Gasteiger partial charge in [-0.15, -0.1) is 0 Å². The minimum absolute atomic E-state index is 0.0382. The topological polar surface area (TPSA) is 79.1 Å². The van der Waals surface area contributed by atoms with Gasteiger partial charge in [-0.2, -0.15) is 4.99 Å². The predicted molar refractivity (Wildman–Crippen MR) is 37.8 cm³/mol. The zero-order valence-electron chi connectivity index (χ0n) is 5.65. The van der Waals surface area contributed by atoms with E-state index in [1.807, 2.05) is 0 Å². The number of aliphatic imine (C=N–C) groups is 2. The van der Waals surface area contributed by atoms with E-state index in [4.69, 9.17) is 5.11 Å². The van der Waals surface area contributed by atoms with Crippen molar-refractivity contribution in [1.82, 2.24) is 0 Å². The van der Waals surface area contributed by atoms with Crippen LogP contribution < -0.4 is 0 Å². The van der Waals surface area contributed by atoms with Crippen molar-refractivity contribution in [2.75, 3.05) is 0 Å². The van der Waals surface area contributed by atoms with Crippen LogP contribution in [0.4, 0.5) is 0 Å². The number of carboxylic acid groups (broad SMARTS) is 1. The number of aliphatic carboxylic acids is 1. The van der Waals surface area contributed by atoms with E-state index in [-0.39, 0.29) is 12.8 Å². The van der Waals surface area contributed by atoms with Gasteiger partial charge in [0, 0.05) is 6.42 Å². The monoisotopic (exact) mass is 154 g/mol. The molecule has 11 heavy (non-hydrogen) atoms. The van der Waals surface area contributed by atoms with Crippen molar-refractivity contribution >= 4 is 23.9 Å². The van der Waals surface area contributed by atoms with Gasteiger partial charge in [-0.25, -0.2) is 4.99 Å². The number of amidine groups is 1. The van der Waals surface area contributed by atoms with E-state index in [2.05, 4.69) is 9.98 Å². The van der Waals surface area contributed by atoms with E-state index in [1.54, 1.807) is 0 Å². The Bertz CT molecular complexity index is 255. The number of nitrogens with zero attached hydrogens (tertiary/aromatic N) is 2. The zero-order valence-corrected chi connectivity index (χ0v) is 5.65. The van der Waals surface area contributed by atoms with Crippen molar-refractivity contribution in [2.45, 2.75) is 12.8 Å². The molecule has 1 aliphatic rings. The molecule has 1 heterocycles. The van der Waals surface area contributed by atoms with Crippen LogP contribution in [0, 0.1) is 0 Å². The molecular weight excluding hydrogens is 148 g/mol. The van der Waals surface area contributed by atoms with Crippen LogP contribution in [0.15, 0.2) is 9.98 Å². The highest BCUT2D eigenvalue weighted by Gasteiger charge is 2.08. The highest BCUT2D eigenvalue weighted by Crippen LogP contribution is 1.99. The Morgan fingerprint density at radius 2 is 2.36 bits per heavy atom. The Kier molecular flexibility index (Phi) is 2.10. The largest absolute Gasteiger partial charge is 0.481 e. The number of rotatable bonds is 3. The van der Waals surface area contributed by atoms with Gasteiger partial charge in [0.15, 0.2) is 0 Å². The van der Waals surface area contributed by atoms with Crippen molar-refractivity contribution in [3.05, 3.63) is 0 Å². The molecule has 1 aliphatic heterocycles. The summed E-state index contributed by atoms with van der Waals surface area (Å²) < 4.78 is 0. The van der Waals surface area contributed by atoms with Crippen LogP contribution in [0.3, 0.4) is 0 Å². The van der Waals surface area contributed by atoms with Crippen LogP contribution in [0.5, 0.6) is 0 Å². The second kappa shape index (κ2) is 3.05. The normalized spacial score (nSPS) is 15.3. The molecule has 0 spiro atoms. The van der Waals surface area contributed by atoms with E-state index in [9.17, 15) is 9.59 Å². The average molecular weight is 154 g/mol. The van der Waals surface area contributed by atoms with Crippen molar-refractivity contribution in [1.29, 1.82) is 0 Å². The van der Waals surface area contributed by atoms with Crippen LogP contribution in [0.25, 0.3) is 0 Å². The number of hydrogen-bond acceptors (Lipinski definition) is 3. The minimum Gasteiger partial charge on any atom is -0.481 e. The Morgan fingerprint density at radius 1 is 1.64 bits per heavy atom. The first-order chi connectivity index (χ1) is 5.18. The van der Waals surface area contributed by atoms with Gasteiger partial charge in [0.1, 0.15) is 5.84 Å². The molecule has 0 aliphatic carbocycles. The van der Waals surface area contributed by atoms with Crippen LogP contribution in [-0.2, 0) is 9.59 Å². The molecule has 58 valence electrons. The summed E-state index contributed by atoms with van der Waals surface area (Å²) in [6.45, 7) is 0. The standard InChI is InChI=1S/C6H6N2O3/c9-5-3-7-4(8-5)1-2-6(10)11/h3H,1-2H2,(H,10,11). The van der Waals surface area contributed by atoms with Crippen molar-refractivity contribution < 1.29 is 14.7 Å². The number of amides is 1. The van der Waals surface area contributed by atoms with E-state index in [1.165, 1.54) is 0 Å². The minimum atomic E-state index is -0.915. The summed E-state index contributed by atoms with van der Waals surface area (Å²) in [6.07, 6.45) is 1.26. The molecular formula is C6H6N2O3. The second-order valence-corrected chi connectivity index (χ2v) is 2.02. The fourth-order valence-electron chi connectivity index (χ4n) is 0.654. The van der Waals surface area contributed by atoms with Crippen LogP contribution in [0.1, 0.15) is 12.8 Å². The SMILES string of the molecule is O=C(O)CCC1=NC(=O)C=N1.